The van der Waals surface area contributed by atoms with Crippen LogP contribution in [0.3, 0.4) is 0 Å². The fourth-order valence-corrected chi connectivity index (χ4v) is 2.90. The average Bonchev–Trinajstić information content (AvgIpc) is 2.89. The molecule has 104 valence electrons. The molecule has 1 amide bonds. The summed E-state index contributed by atoms with van der Waals surface area (Å²) in [6.45, 7) is 8.00. The van der Waals surface area contributed by atoms with Gasteiger partial charge >= 0.3 is 0 Å². The van der Waals surface area contributed by atoms with E-state index in [2.05, 4.69) is 43.5 Å². The molecule has 2 N–H and O–H groups in total. The summed E-state index contributed by atoms with van der Waals surface area (Å²) < 4.78 is 0. The van der Waals surface area contributed by atoms with Gasteiger partial charge in [-0.25, -0.2) is 0 Å². The molecule has 0 saturated carbocycles. The van der Waals surface area contributed by atoms with Crippen LogP contribution >= 0.6 is 0 Å². The van der Waals surface area contributed by atoms with E-state index in [0.717, 1.165) is 25.9 Å². The highest BCUT2D eigenvalue weighted by Crippen LogP contribution is 2.30. The highest BCUT2D eigenvalue weighted by Gasteiger charge is 2.39. The first-order valence-electron chi connectivity index (χ1n) is 7.16. The smallest absolute Gasteiger partial charge is 0.228 e. The molecule has 1 saturated heterocycles. The number of hydrogen-bond acceptors (Lipinski definition) is 2. The summed E-state index contributed by atoms with van der Waals surface area (Å²) in [6.07, 6.45) is 1.84. The number of nitrogens with one attached hydrogen (secondary N) is 2. The summed E-state index contributed by atoms with van der Waals surface area (Å²) in [4.78, 5) is 12.5. The zero-order chi connectivity index (χ0) is 13.9. The SMILES string of the molecule is CCC1(C(=O)N[C@H](C)c2ccccc2C)CCNC1. The molecule has 0 spiro atoms. The highest BCUT2D eigenvalue weighted by atomic mass is 16.2. The normalized spacial score (nSPS) is 24.2. The zero-order valence-electron chi connectivity index (χ0n) is 12.1. The molecule has 0 aliphatic carbocycles. The van der Waals surface area contributed by atoms with Gasteiger partial charge in [0.15, 0.2) is 0 Å². The summed E-state index contributed by atoms with van der Waals surface area (Å²) >= 11 is 0. The third-order valence-electron chi connectivity index (χ3n) is 4.40. The van der Waals surface area contributed by atoms with E-state index in [0.29, 0.717) is 0 Å². The van der Waals surface area contributed by atoms with Crippen molar-refractivity contribution in [2.75, 3.05) is 13.1 Å². The van der Waals surface area contributed by atoms with E-state index in [1.165, 1.54) is 11.1 Å². The van der Waals surface area contributed by atoms with Crippen LogP contribution in [0.1, 0.15) is 43.9 Å². The number of carbonyl (C=O) groups excluding carboxylic acids is 1. The molecule has 3 nitrogen and oxygen atoms in total. The first-order valence-corrected chi connectivity index (χ1v) is 7.16. The molecular formula is C16H24N2O. The molecule has 2 atom stereocenters. The van der Waals surface area contributed by atoms with Crippen molar-refractivity contribution >= 4 is 5.91 Å². The minimum absolute atomic E-state index is 0.0673. The number of amides is 1. The lowest BCUT2D eigenvalue weighted by Crippen LogP contribution is -2.43. The van der Waals surface area contributed by atoms with Gasteiger partial charge in [-0.05, 0) is 44.4 Å². The molecule has 1 aliphatic heterocycles. The first-order chi connectivity index (χ1) is 9.09. The summed E-state index contributed by atoms with van der Waals surface area (Å²) in [6, 6.07) is 8.30. The number of rotatable bonds is 4. The Bertz CT molecular complexity index is 450. The van der Waals surface area contributed by atoms with Gasteiger partial charge in [0.05, 0.1) is 11.5 Å². The Labute approximate surface area is 115 Å². The van der Waals surface area contributed by atoms with Crippen molar-refractivity contribution in [1.82, 2.24) is 10.6 Å². The maximum absolute atomic E-state index is 12.5. The number of benzene rings is 1. The van der Waals surface area contributed by atoms with Gasteiger partial charge in [-0.1, -0.05) is 31.2 Å². The van der Waals surface area contributed by atoms with Crippen LogP contribution in [0, 0.1) is 12.3 Å². The fourth-order valence-electron chi connectivity index (χ4n) is 2.90. The predicted molar refractivity (Wildman–Crippen MR) is 77.9 cm³/mol. The molecule has 1 aliphatic rings. The van der Waals surface area contributed by atoms with E-state index in [-0.39, 0.29) is 17.4 Å². The van der Waals surface area contributed by atoms with Crippen LogP contribution in [0.15, 0.2) is 24.3 Å². The molecule has 1 heterocycles. The maximum atomic E-state index is 12.5. The lowest BCUT2D eigenvalue weighted by molar-refractivity contribution is -0.131. The van der Waals surface area contributed by atoms with E-state index in [9.17, 15) is 4.79 Å². The Morgan fingerprint density at radius 2 is 2.21 bits per heavy atom. The van der Waals surface area contributed by atoms with E-state index < -0.39 is 0 Å². The highest BCUT2D eigenvalue weighted by molar-refractivity contribution is 5.83. The van der Waals surface area contributed by atoms with Crippen LogP contribution in [0.2, 0.25) is 0 Å². The topological polar surface area (TPSA) is 41.1 Å². The monoisotopic (exact) mass is 260 g/mol. The lowest BCUT2D eigenvalue weighted by atomic mass is 9.83. The van der Waals surface area contributed by atoms with Crippen molar-refractivity contribution < 1.29 is 4.79 Å². The lowest BCUT2D eigenvalue weighted by Gasteiger charge is -2.28. The van der Waals surface area contributed by atoms with Crippen molar-refractivity contribution in [2.45, 2.75) is 39.7 Å². The molecule has 1 aromatic rings. The molecule has 0 bridgehead atoms. The largest absolute Gasteiger partial charge is 0.349 e. The van der Waals surface area contributed by atoms with Gasteiger partial charge in [0.25, 0.3) is 0 Å². The van der Waals surface area contributed by atoms with Gasteiger partial charge in [-0.3, -0.25) is 4.79 Å². The second-order valence-electron chi connectivity index (χ2n) is 5.61. The van der Waals surface area contributed by atoms with Crippen LogP contribution in [-0.4, -0.2) is 19.0 Å². The van der Waals surface area contributed by atoms with Crippen molar-refractivity contribution in [1.29, 1.82) is 0 Å². The van der Waals surface area contributed by atoms with Crippen LogP contribution < -0.4 is 10.6 Å². The molecule has 1 fully saturated rings. The Kier molecular flexibility index (Phi) is 4.25. The Morgan fingerprint density at radius 3 is 2.79 bits per heavy atom. The number of carbonyl (C=O) groups is 1. The third kappa shape index (κ3) is 2.81. The molecule has 1 aromatic carbocycles. The summed E-state index contributed by atoms with van der Waals surface area (Å²) in [7, 11) is 0. The Hall–Kier alpha value is -1.35. The average molecular weight is 260 g/mol. The van der Waals surface area contributed by atoms with Crippen molar-refractivity contribution in [3.8, 4) is 0 Å². The third-order valence-corrected chi connectivity index (χ3v) is 4.40. The van der Waals surface area contributed by atoms with Gasteiger partial charge in [-0.2, -0.15) is 0 Å². The van der Waals surface area contributed by atoms with E-state index in [1.807, 2.05) is 12.1 Å². The zero-order valence-corrected chi connectivity index (χ0v) is 12.1. The minimum atomic E-state index is -0.211. The standard InChI is InChI=1S/C16H24N2O/c1-4-16(9-10-17-11-16)15(19)18-13(3)14-8-6-5-7-12(14)2/h5-8,13,17H,4,9-11H2,1-3H3,(H,18,19)/t13-,16?/m1/s1. The number of hydrogen-bond donors (Lipinski definition) is 2. The van der Waals surface area contributed by atoms with Crippen LogP contribution in [0.25, 0.3) is 0 Å². The predicted octanol–water partition coefficient (Wildman–Crippen LogP) is 2.56. The van der Waals surface area contributed by atoms with Crippen LogP contribution in [-0.2, 0) is 4.79 Å². The molecule has 1 unspecified atom stereocenters. The Balaban J connectivity index is 2.08. The van der Waals surface area contributed by atoms with E-state index >= 15 is 0 Å². The molecule has 0 radical (unpaired) electrons. The molecule has 0 aromatic heterocycles. The molecule has 2 rings (SSSR count). The number of aryl methyl sites for hydroxylation is 1. The summed E-state index contributed by atoms with van der Waals surface area (Å²) in [5.74, 6) is 0.191. The van der Waals surface area contributed by atoms with Crippen LogP contribution in [0.5, 0.6) is 0 Å². The van der Waals surface area contributed by atoms with E-state index in [1.54, 1.807) is 0 Å². The van der Waals surface area contributed by atoms with E-state index in [4.69, 9.17) is 0 Å². The van der Waals surface area contributed by atoms with Gasteiger partial charge in [0.2, 0.25) is 5.91 Å². The Morgan fingerprint density at radius 1 is 1.47 bits per heavy atom. The van der Waals surface area contributed by atoms with Gasteiger partial charge < -0.3 is 10.6 Å². The minimum Gasteiger partial charge on any atom is -0.349 e. The van der Waals surface area contributed by atoms with Crippen molar-refractivity contribution in [2.24, 2.45) is 5.41 Å². The van der Waals surface area contributed by atoms with Crippen molar-refractivity contribution in [3.05, 3.63) is 35.4 Å². The van der Waals surface area contributed by atoms with Crippen LogP contribution in [0.4, 0.5) is 0 Å². The summed E-state index contributed by atoms with van der Waals surface area (Å²) in [5.41, 5.74) is 2.22. The second-order valence-corrected chi connectivity index (χ2v) is 5.61. The van der Waals surface area contributed by atoms with Gasteiger partial charge in [0.1, 0.15) is 0 Å². The molecular weight excluding hydrogens is 236 g/mol. The summed E-state index contributed by atoms with van der Waals surface area (Å²) in [5, 5.41) is 6.50. The maximum Gasteiger partial charge on any atom is 0.228 e. The van der Waals surface area contributed by atoms with Gasteiger partial charge in [-0.15, -0.1) is 0 Å². The molecule has 19 heavy (non-hydrogen) atoms. The van der Waals surface area contributed by atoms with Gasteiger partial charge in [0, 0.05) is 6.54 Å². The molecule has 3 heteroatoms. The van der Waals surface area contributed by atoms with Crippen molar-refractivity contribution in [3.63, 3.8) is 0 Å². The first kappa shape index (κ1) is 14.1. The second kappa shape index (κ2) is 5.74. The quantitative estimate of drug-likeness (QED) is 0.873. The fraction of sp³-hybridized carbons (Fsp3) is 0.562.